The Balaban J connectivity index is 1.75. The number of aromatic hydroxyl groups is 1. The first-order valence-electron chi connectivity index (χ1n) is 15.3. The van der Waals surface area contributed by atoms with Gasteiger partial charge < -0.3 is 25.5 Å². The number of aromatic amines is 1. The molecule has 1 aromatic heterocycles. The molecule has 2 heterocycles. The summed E-state index contributed by atoms with van der Waals surface area (Å²) >= 11 is 6.22. The van der Waals surface area contributed by atoms with Gasteiger partial charge in [0, 0.05) is 22.4 Å². The Morgan fingerprint density at radius 1 is 1.02 bits per heavy atom. The molecule has 48 heavy (non-hydrogen) atoms. The van der Waals surface area contributed by atoms with E-state index in [1.165, 1.54) is 19.4 Å². The Morgan fingerprint density at radius 3 is 2.29 bits per heavy atom. The van der Waals surface area contributed by atoms with Crippen LogP contribution < -0.4 is 16.3 Å². The minimum absolute atomic E-state index is 0.0173. The van der Waals surface area contributed by atoms with Gasteiger partial charge in [0.2, 0.25) is 17.7 Å². The SMILES string of the molecule is COC(=O)[C@H](CC(C)C)NC(=O)[C@H](CC(C)C)NC(=O)C(c1ccc(F)c(F)c1)n1c(O)c(C=C2C=Nc3c2ccc(Cl)c3C)[nH]c1=O. The van der Waals surface area contributed by atoms with Crippen molar-refractivity contribution < 1.29 is 33.0 Å². The van der Waals surface area contributed by atoms with Crippen LogP contribution in [0.4, 0.5) is 14.5 Å². The number of hydrogen-bond donors (Lipinski definition) is 4. The number of nitrogens with zero attached hydrogens (tertiary/aromatic N) is 2. The van der Waals surface area contributed by atoms with Crippen LogP contribution in [0.15, 0.2) is 40.1 Å². The Labute approximate surface area is 281 Å². The average Bonchev–Trinajstić information content (AvgIpc) is 3.55. The lowest BCUT2D eigenvalue weighted by Crippen LogP contribution is -2.54. The van der Waals surface area contributed by atoms with E-state index in [-0.39, 0.29) is 35.9 Å². The smallest absolute Gasteiger partial charge is 0.329 e. The quantitative estimate of drug-likeness (QED) is 0.192. The maximum Gasteiger partial charge on any atom is 0.329 e. The number of carbonyl (C=O) groups is 3. The molecule has 2 aromatic carbocycles. The van der Waals surface area contributed by atoms with Gasteiger partial charge in [0.1, 0.15) is 23.8 Å². The number of aliphatic imine (C=N–C) groups is 1. The van der Waals surface area contributed by atoms with Crippen LogP contribution in [0, 0.1) is 30.4 Å². The third kappa shape index (κ3) is 7.84. The molecule has 2 amide bonds. The van der Waals surface area contributed by atoms with Gasteiger partial charge in [0.05, 0.1) is 12.8 Å². The van der Waals surface area contributed by atoms with Crippen molar-refractivity contribution in [2.45, 2.75) is 65.6 Å². The van der Waals surface area contributed by atoms with Crippen molar-refractivity contribution in [2.24, 2.45) is 16.8 Å². The Morgan fingerprint density at radius 2 is 1.67 bits per heavy atom. The van der Waals surface area contributed by atoms with Crippen LogP contribution in [-0.4, -0.2) is 57.8 Å². The minimum Gasteiger partial charge on any atom is -0.493 e. The van der Waals surface area contributed by atoms with Crippen LogP contribution in [0.5, 0.6) is 5.88 Å². The third-order valence-electron chi connectivity index (χ3n) is 7.85. The number of hydrogen-bond acceptors (Lipinski definition) is 7. The average molecular weight is 686 g/mol. The number of amides is 2. The molecule has 256 valence electrons. The highest BCUT2D eigenvalue weighted by Gasteiger charge is 2.34. The van der Waals surface area contributed by atoms with Gasteiger partial charge in [-0.1, -0.05) is 51.4 Å². The van der Waals surface area contributed by atoms with E-state index in [9.17, 15) is 33.1 Å². The number of aromatic nitrogens is 2. The summed E-state index contributed by atoms with van der Waals surface area (Å²) in [7, 11) is 1.20. The van der Waals surface area contributed by atoms with Crippen LogP contribution >= 0.6 is 11.6 Å². The molecule has 0 radical (unpaired) electrons. The van der Waals surface area contributed by atoms with Gasteiger partial charge >= 0.3 is 11.7 Å². The van der Waals surface area contributed by atoms with Crippen molar-refractivity contribution in [3.05, 3.63) is 79.9 Å². The largest absolute Gasteiger partial charge is 0.493 e. The van der Waals surface area contributed by atoms with Crippen molar-refractivity contribution in [3.63, 3.8) is 0 Å². The maximum absolute atomic E-state index is 14.5. The number of rotatable bonds is 12. The summed E-state index contributed by atoms with van der Waals surface area (Å²) in [6, 6.07) is 2.07. The lowest BCUT2D eigenvalue weighted by atomic mass is 9.99. The fourth-order valence-electron chi connectivity index (χ4n) is 5.50. The molecule has 0 aliphatic carbocycles. The van der Waals surface area contributed by atoms with Gasteiger partial charge in [-0.2, -0.15) is 0 Å². The number of ether oxygens (including phenoxy) is 1. The van der Waals surface area contributed by atoms with Gasteiger partial charge in [0.25, 0.3) is 0 Å². The molecule has 0 saturated heterocycles. The van der Waals surface area contributed by atoms with Crippen molar-refractivity contribution in [1.82, 2.24) is 20.2 Å². The van der Waals surface area contributed by atoms with Crippen molar-refractivity contribution >= 4 is 52.9 Å². The molecule has 4 N–H and O–H groups in total. The zero-order valence-corrected chi connectivity index (χ0v) is 28.1. The van der Waals surface area contributed by atoms with E-state index in [2.05, 4.69) is 20.6 Å². The van der Waals surface area contributed by atoms with Gasteiger partial charge in [-0.05, 0) is 67.0 Å². The third-order valence-corrected chi connectivity index (χ3v) is 8.26. The Hall–Kier alpha value is -4.78. The number of nitrogens with one attached hydrogen (secondary N) is 3. The molecular weight excluding hydrogens is 648 g/mol. The zero-order chi connectivity index (χ0) is 35.4. The van der Waals surface area contributed by atoms with Crippen LogP contribution in [0.1, 0.15) is 69.0 Å². The lowest BCUT2D eigenvalue weighted by Gasteiger charge is -2.26. The monoisotopic (exact) mass is 685 g/mol. The topological polar surface area (TPSA) is 155 Å². The van der Waals surface area contributed by atoms with Gasteiger partial charge in [-0.3, -0.25) is 14.6 Å². The summed E-state index contributed by atoms with van der Waals surface area (Å²) in [6.07, 6.45) is 3.36. The van der Waals surface area contributed by atoms with Crippen molar-refractivity contribution in [3.8, 4) is 5.88 Å². The number of halogens is 3. The molecule has 14 heteroatoms. The molecule has 11 nitrogen and oxygen atoms in total. The molecule has 0 fully saturated rings. The number of fused-ring (bicyclic) bond motifs is 1. The predicted octanol–water partition coefficient (Wildman–Crippen LogP) is 5.20. The van der Waals surface area contributed by atoms with Crippen LogP contribution in [0.2, 0.25) is 5.02 Å². The highest BCUT2D eigenvalue weighted by Crippen LogP contribution is 2.39. The van der Waals surface area contributed by atoms with Crippen LogP contribution in [0.25, 0.3) is 11.6 Å². The Kier molecular flexibility index (Phi) is 11.2. The van der Waals surface area contributed by atoms with Crippen LogP contribution in [-0.2, 0) is 19.1 Å². The summed E-state index contributed by atoms with van der Waals surface area (Å²) in [5, 5.41) is 17.1. The molecule has 1 unspecified atom stereocenters. The number of allylic oxidation sites excluding steroid dienone is 1. The van der Waals surface area contributed by atoms with Crippen LogP contribution in [0.3, 0.4) is 0 Å². The fraction of sp³-hybridized carbons (Fsp3) is 0.382. The van der Waals surface area contributed by atoms with E-state index in [1.54, 1.807) is 19.1 Å². The molecular formula is C34H38ClF2N5O6. The molecule has 3 aromatic rings. The predicted molar refractivity (Wildman–Crippen MR) is 178 cm³/mol. The molecule has 0 saturated carbocycles. The molecule has 1 aliphatic rings. The number of esters is 1. The normalized spacial score (nSPS) is 15.0. The highest BCUT2D eigenvalue weighted by molar-refractivity contribution is 6.32. The van der Waals surface area contributed by atoms with Crippen molar-refractivity contribution in [2.75, 3.05) is 7.11 Å². The zero-order valence-electron chi connectivity index (χ0n) is 27.4. The van der Waals surface area contributed by atoms with E-state index >= 15 is 0 Å². The molecule has 1 aliphatic heterocycles. The summed E-state index contributed by atoms with van der Waals surface area (Å²) in [6.45, 7) is 9.15. The molecule has 4 rings (SSSR count). The first-order valence-corrected chi connectivity index (χ1v) is 15.7. The molecule has 0 spiro atoms. The number of methoxy groups -OCH3 is 1. The first-order chi connectivity index (χ1) is 22.6. The molecule has 0 bridgehead atoms. The van der Waals surface area contributed by atoms with E-state index in [0.717, 1.165) is 23.8 Å². The molecule has 3 atom stereocenters. The first kappa shape index (κ1) is 36.1. The highest BCUT2D eigenvalue weighted by atomic mass is 35.5. The summed E-state index contributed by atoms with van der Waals surface area (Å²) in [5.74, 6) is -5.61. The Bertz CT molecular complexity index is 1850. The van der Waals surface area contributed by atoms with Gasteiger partial charge in [-0.25, -0.2) is 22.9 Å². The number of carbonyl (C=O) groups excluding carboxylic acids is 3. The standard InChI is InChI=1S/C34H38ClF2N5O6/c1-16(2)11-25(30(43)40-27(12-17(3)4)33(46)48-6)39-31(44)29(19-7-10-23(36)24(37)13-19)42-32(45)26(41-34(42)47)14-20-15-38-28-18(5)22(35)9-8-21(20)28/h7-10,13-17,25,27,29,45H,11-12H2,1-6H3,(H,39,44)(H,40,43)(H,41,47)/t25-,27-,29?/m0/s1. The lowest BCUT2D eigenvalue weighted by molar-refractivity contribution is -0.146. The van der Waals surface area contributed by atoms with E-state index in [0.29, 0.717) is 26.4 Å². The number of benzene rings is 2. The van der Waals surface area contributed by atoms with Gasteiger partial charge in [0.15, 0.2) is 11.6 Å². The second-order valence-corrected chi connectivity index (χ2v) is 12.9. The summed E-state index contributed by atoms with van der Waals surface area (Å²) < 4.78 is 34.0. The maximum atomic E-state index is 14.5. The van der Waals surface area contributed by atoms with Gasteiger partial charge in [-0.15, -0.1) is 0 Å². The fourth-order valence-corrected chi connectivity index (χ4v) is 5.65. The second-order valence-electron chi connectivity index (χ2n) is 12.4. The summed E-state index contributed by atoms with van der Waals surface area (Å²) in [5.41, 5.74) is 1.35. The van der Waals surface area contributed by atoms with E-state index in [1.807, 2.05) is 27.7 Å². The number of H-pyrrole nitrogens is 1. The minimum atomic E-state index is -1.75. The van der Waals surface area contributed by atoms with E-state index in [4.69, 9.17) is 16.3 Å². The van der Waals surface area contributed by atoms with E-state index < -0.39 is 59.1 Å². The second kappa shape index (κ2) is 15.0. The number of imidazole rings is 1. The summed E-state index contributed by atoms with van der Waals surface area (Å²) in [4.78, 5) is 60.3. The van der Waals surface area contributed by atoms with Crippen molar-refractivity contribution in [1.29, 1.82) is 0 Å².